The Morgan fingerprint density at radius 3 is 2.00 bits per heavy atom. The van der Waals surface area contributed by atoms with Crippen LogP contribution in [0.25, 0.3) is 43.9 Å². The van der Waals surface area contributed by atoms with Gasteiger partial charge in [-0.05, 0) is 63.6 Å². The molecule has 0 aliphatic carbocycles. The minimum Gasteiger partial charge on any atom is -0.345 e. The van der Waals surface area contributed by atoms with Gasteiger partial charge in [-0.25, -0.2) is 0 Å². The Kier molecular flexibility index (Phi) is 5.78. The maximum absolute atomic E-state index is 2.47. The molecule has 0 saturated heterocycles. The van der Waals surface area contributed by atoms with E-state index in [0.717, 1.165) is 19.6 Å². The van der Waals surface area contributed by atoms with Crippen molar-refractivity contribution in [3.63, 3.8) is 0 Å². The van der Waals surface area contributed by atoms with E-state index < -0.39 is 0 Å². The molecule has 0 unspecified atom stereocenters. The van der Waals surface area contributed by atoms with Crippen molar-refractivity contribution in [3.05, 3.63) is 113 Å². The molecular formula is C37H36N3+. The lowest BCUT2D eigenvalue weighted by Crippen LogP contribution is -2.10. The first kappa shape index (κ1) is 24.7. The van der Waals surface area contributed by atoms with Crippen LogP contribution in [0.2, 0.25) is 0 Å². The standard InChI is InChI=1S/C37H36N3/c1-6-38-24(4)35(28-16-10-13-19-32(28)38)37(36-25(5)39(7-2)33-20-14-11-17-29(33)36)26-21-22-34-30(23-26)27-15-9-12-18-31(27)40(34)8-3/h9-23H,6-8H2,1-5H3/q+1. The molecule has 0 atom stereocenters. The van der Waals surface area contributed by atoms with Gasteiger partial charge in [0.2, 0.25) is 5.69 Å². The summed E-state index contributed by atoms with van der Waals surface area (Å²) in [7, 11) is 0. The molecule has 1 aliphatic rings. The van der Waals surface area contributed by atoms with Gasteiger partial charge < -0.3 is 9.13 Å². The lowest BCUT2D eigenvalue weighted by atomic mass is 9.86. The van der Waals surface area contributed by atoms with E-state index in [-0.39, 0.29) is 0 Å². The van der Waals surface area contributed by atoms with Crippen molar-refractivity contribution in [3.8, 4) is 0 Å². The molecule has 0 amide bonds. The van der Waals surface area contributed by atoms with Gasteiger partial charge in [-0.3, -0.25) is 0 Å². The molecule has 3 nitrogen and oxygen atoms in total. The number of hydrogen-bond acceptors (Lipinski definition) is 0. The van der Waals surface area contributed by atoms with Crippen LogP contribution >= 0.6 is 0 Å². The first-order chi connectivity index (χ1) is 19.6. The van der Waals surface area contributed by atoms with Crippen LogP contribution in [0, 0.1) is 6.92 Å². The van der Waals surface area contributed by atoms with E-state index in [0.29, 0.717) is 0 Å². The highest BCUT2D eigenvalue weighted by atomic mass is 15.0. The molecule has 40 heavy (non-hydrogen) atoms. The van der Waals surface area contributed by atoms with Gasteiger partial charge in [0.15, 0.2) is 5.71 Å². The fraction of sp³-hybridized carbons (Fsp3) is 0.216. The highest BCUT2D eigenvalue weighted by Gasteiger charge is 2.35. The SMILES string of the molecule is CCn1c(C)c(C(=C2C(C)=[N+](CC)c3ccccc32)c2ccc3c(c2)c2ccccc2n3CC)c2ccccc21. The van der Waals surface area contributed by atoms with Crippen LogP contribution < -0.4 is 0 Å². The van der Waals surface area contributed by atoms with Crippen LogP contribution in [-0.2, 0) is 13.1 Å². The van der Waals surface area contributed by atoms with Crippen molar-refractivity contribution >= 4 is 55.3 Å². The van der Waals surface area contributed by atoms with E-state index in [1.165, 1.54) is 77.6 Å². The molecule has 0 spiro atoms. The van der Waals surface area contributed by atoms with Gasteiger partial charge in [-0.15, -0.1) is 0 Å². The van der Waals surface area contributed by atoms with E-state index in [1.807, 2.05) is 0 Å². The first-order valence-electron chi connectivity index (χ1n) is 14.6. The van der Waals surface area contributed by atoms with Crippen molar-refractivity contribution < 1.29 is 4.58 Å². The molecule has 0 N–H and O–H groups in total. The fourth-order valence-corrected chi connectivity index (χ4v) is 7.27. The van der Waals surface area contributed by atoms with Crippen LogP contribution in [-0.4, -0.2) is 26.0 Å². The monoisotopic (exact) mass is 522 g/mol. The second-order valence-corrected chi connectivity index (χ2v) is 10.8. The van der Waals surface area contributed by atoms with Crippen LogP contribution in [0.3, 0.4) is 0 Å². The van der Waals surface area contributed by atoms with Crippen LogP contribution in [0.15, 0.2) is 91.0 Å². The highest BCUT2D eigenvalue weighted by Crippen LogP contribution is 2.45. The zero-order valence-electron chi connectivity index (χ0n) is 24.1. The summed E-state index contributed by atoms with van der Waals surface area (Å²) in [6, 6.07) is 33.8. The van der Waals surface area contributed by atoms with Gasteiger partial charge in [0.1, 0.15) is 6.54 Å². The van der Waals surface area contributed by atoms with E-state index in [9.17, 15) is 0 Å². The number of hydrogen-bond donors (Lipinski definition) is 0. The summed E-state index contributed by atoms with van der Waals surface area (Å²) >= 11 is 0. The summed E-state index contributed by atoms with van der Waals surface area (Å²) < 4.78 is 7.39. The molecule has 3 heterocycles. The fourth-order valence-electron chi connectivity index (χ4n) is 7.27. The van der Waals surface area contributed by atoms with Crippen molar-refractivity contribution in [2.45, 2.75) is 47.7 Å². The molecule has 198 valence electrons. The lowest BCUT2D eigenvalue weighted by molar-refractivity contribution is -0.432. The van der Waals surface area contributed by atoms with E-state index in [1.54, 1.807) is 0 Å². The minimum absolute atomic E-state index is 0.943. The van der Waals surface area contributed by atoms with Gasteiger partial charge in [-0.1, -0.05) is 54.6 Å². The molecule has 0 saturated carbocycles. The molecule has 0 radical (unpaired) electrons. The van der Waals surface area contributed by atoms with Crippen molar-refractivity contribution in [1.82, 2.24) is 9.13 Å². The van der Waals surface area contributed by atoms with Crippen LogP contribution in [0.5, 0.6) is 0 Å². The van der Waals surface area contributed by atoms with Gasteiger partial charge in [0, 0.05) is 75.6 Å². The summed E-state index contributed by atoms with van der Waals surface area (Å²) in [5, 5.41) is 3.96. The Hall–Kier alpha value is -4.37. The van der Waals surface area contributed by atoms with Crippen LogP contribution in [0.4, 0.5) is 5.69 Å². The Balaban J connectivity index is 1.66. The normalized spacial score (nSPS) is 14.6. The topological polar surface area (TPSA) is 12.9 Å². The molecule has 1 aliphatic heterocycles. The second kappa shape index (κ2) is 9.38. The number of aryl methyl sites for hydroxylation is 2. The summed E-state index contributed by atoms with van der Waals surface area (Å²) in [6.07, 6.45) is 0. The number of aromatic nitrogens is 2. The minimum atomic E-state index is 0.943. The molecule has 0 bridgehead atoms. The predicted molar refractivity (Wildman–Crippen MR) is 171 cm³/mol. The number of benzene rings is 4. The van der Waals surface area contributed by atoms with Gasteiger partial charge in [0.05, 0.1) is 11.1 Å². The Morgan fingerprint density at radius 1 is 0.650 bits per heavy atom. The smallest absolute Gasteiger partial charge is 0.213 e. The predicted octanol–water partition coefficient (Wildman–Crippen LogP) is 9.19. The molecule has 4 aromatic carbocycles. The molecule has 7 rings (SSSR count). The number of fused-ring (bicyclic) bond motifs is 5. The number of nitrogens with zero attached hydrogens (tertiary/aromatic N) is 3. The summed E-state index contributed by atoms with van der Waals surface area (Å²) in [4.78, 5) is 0. The number of allylic oxidation sites excluding steroid dienone is 1. The summed E-state index contributed by atoms with van der Waals surface area (Å²) in [6.45, 7) is 14.2. The average Bonchev–Trinajstić information content (AvgIpc) is 3.57. The summed E-state index contributed by atoms with van der Waals surface area (Å²) in [5.41, 5.74) is 14.5. The molecular weight excluding hydrogens is 486 g/mol. The molecule has 6 aromatic rings. The number of rotatable bonds is 5. The maximum atomic E-state index is 2.47. The van der Waals surface area contributed by atoms with Crippen LogP contribution in [0.1, 0.15) is 50.1 Å². The van der Waals surface area contributed by atoms with Crippen molar-refractivity contribution in [1.29, 1.82) is 0 Å². The maximum Gasteiger partial charge on any atom is 0.213 e. The van der Waals surface area contributed by atoms with Crippen molar-refractivity contribution in [2.75, 3.05) is 6.54 Å². The Bertz CT molecular complexity index is 2030. The second-order valence-electron chi connectivity index (χ2n) is 10.8. The van der Waals surface area contributed by atoms with Gasteiger partial charge in [0.25, 0.3) is 0 Å². The first-order valence-corrected chi connectivity index (χ1v) is 14.6. The highest BCUT2D eigenvalue weighted by molar-refractivity contribution is 6.33. The molecule has 3 heteroatoms. The van der Waals surface area contributed by atoms with E-state index in [2.05, 4.69) is 139 Å². The Labute approximate surface area is 236 Å². The van der Waals surface area contributed by atoms with E-state index in [4.69, 9.17) is 0 Å². The third-order valence-electron chi connectivity index (χ3n) is 8.97. The van der Waals surface area contributed by atoms with E-state index >= 15 is 0 Å². The van der Waals surface area contributed by atoms with Gasteiger partial charge in [-0.2, -0.15) is 4.58 Å². The molecule has 2 aromatic heterocycles. The average molecular weight is 523 g/mol. The zero-order chi connectivity index (χ0) is 27.5. The molecule has 0 fully saturated rings. The zero-order valence-corrected chi connectivity index (χ0v) is 24.1. The third kappa shape index (κ3) is 3.33. The van der Waals surface area contributed by atoms with Gasteiger partial charge >= 0.3 is 0 Å². The largest absolute Gasteiger partial charge is 0.345 e. The third-order valence-corrected chi connectivity index (χ3v) is 8.97. The summed E-state index contributed by atoms with van der Waals surface area (Å²) in [5.74, 6) is 0. The lowest BCUT2D eigenvalue weighted by Gasteiger charge is -2.15. The number of para-hydroxylation sites is 3. The Morgan fingerprint density at radius 2 is 1.27 bits per heavy atom. The van der Waals surface area contributed by atoms with Crippen molar-refractivity contribution in [2.24, 2.45) is 0 Å². The quantitative estimate of drug-likeness (QED) is 0.200.